The summed E-state index contributed by atoms with van der Waals surface area (Å²) in [5, 5.41) is 4.17. The molecule has 2 aliphatic heterocycles. The first kappa shape index (κ1) is 19.4. The quantitative estimate of drug-likeness (QED) is 0.759. The molecule has 6 nitrogen and oxygen atoms in total. The molecular formula is C22H31N3O3. The highest BCUT2D eigenvalue weighted by Crippen LogP contribution is 2.36. The predicted molar refractivity (Wildman–Crippen MR) is 107 cm³/mol. The molecule has 3 heterocycles. The molecule has 152 valence electrons. The highest BCUT2D eigenvalue weighted by atomic mass is 16.5. The van der Waals surface area contributed by atoms with Crippen molar-refractivity contribution in [3.05, 3.63) is 46.3 Å². The zero-order valence-electron chi connectivity index (χ0n) is 17.2. The van der Waals surface area contributed by atoms with Crippen molar-refractivity contribution < 1.29 is 14.0 Å². The van der Waals surface area contributed by atoms with Crippen LogP contribution in [0.4, 0.5) is 0 Å². The number of hydrogen-bond acceptors (Lipinski definition) is 6. The molecule has 0 bridgehead atoms. The fourth-order valence-electron chi connectivity index (χ4n) is 4.60. The lowest BCUT2D eigenvalue weighted by Gasteiger charge is -2.28. The molecule has 0 aliphatic carbocycles. The van der Waals surface area contributed by atoms with Gasteiger partial charge >= 0.3 is 0 Å². The third-order valence-electron chi connectivity index (χ3n) is 6.01. The second-order valence-corrected chi connectivity index (χ2v) is 7.90. The Hall–Kier alpha value is -1.89. The van der Waals surface area contributed by atoms with Gasteiger partial charge in [-0.3, -0.25) is 9.80 Å². The smallest absolute Gasteiger partial charge is 0.138 e. The topological polar surface area (TPSA) is 51.0 Å². The van der Waals surface area contributed by atoms with E-state index in [1.165, 1.54) is 29.5 Å². The van der Waals surface area contributed by atoms with Gasteiger partial charge in [-0.05, 0) is 50.9 Å². The van der Waals surface area contributed by atoms with E-state index in [1.54, 1.807) is 7.11 Å². The van der Waals surface area contributed by atoms with Crippen LogP contribution in [-0.4, -0.2) is 54.9 Å². The number of methoxy groups -OCH3 is 1. The molecule has 1 aromatic heterocycles. The van der Waals surface area contributed by atoms with E-state index in [0.29, 0.717) is 6.04 Å². The van der Waals surface area contributed by atoms with Gasteiger partial charge in [0.2, 0.25) is 0 Å². The SMILES string of the molecule is COc1ccc(CN2CCCC2c2c(C)noc2C)cc1CN1CCOCC1. The van der Waals surface area contributed by atoms with Gasteiger partial charge in [-0.25, -0.2) is 0 Å². The highest BCUT2D eigenvalue weighted by Gasteiger charge is 2.30. The molecule has 6 heteroatoms. The van der Waals surface area contributed by atoms with Crippen LogP contribution >= 0.6 is 0 Å². The number of ether oxygens (including phenoxy) is 2. The lowest BCUT2D eigenvalue weighted by molar-refractivity contribution is 0.0338. The normalized spacial score (nSPS) is 21.3. The van der Waals surface area contributed by atoms with E-state index in [1.807, 2.05) is 6.92 Å². The van der Waals surface area contributed by atoms with Crippen molar-refractivity contribution in [3.63, 3.8) is 0 Å². The highest BCUT2D eigenvalue weighted by molar-refractivity contribution is 5.37. The molecule has 0 amide bonds. The first-order valence-corrected chi connectivity index (χ1v) is 10.3. The van der Waals surface area contributed by atoms with Crippen LogP contribution in [0.15, 0.2) is 22.7 Å². The molecule has 4 rings (SSSR count). The van der Waals surface area contributed by atoms with E-state index in [-0.39, 0.29) is 0 Å². The Kier molecular flexibility index (Phi) is 5.99. The predicted octanol–water partition coefficient (Wildman–Crippen LogP) is 3.47. The van der Waals surface area contributed by atoms with E-state index < -0.39 is 0 Å². The second-order valence-electron chi connectivity index (χ2n) is 7.90. The lowest BCUT2D eigenvalue weighted by Crippen LogP contribution is -2.35. The number of morpholine rings is 1. The Morgan fingerprint density at radius 1 is 1.14 bits per heavy atom. The van der Waals surface area contributed by atoms with Gasteiger partial charge < -0.3 is 14.0 Å². The number of aryl methyl sites for hydroxylation is 2. The van der Waals surface area contributed by atoms with Crippen LogP contribution in [0.5, 0.6) is 5.75 Å². The van der Waals surface area contributed by atoms with Crippen molar-refractivity contribution in [1.29, 1.82) is 0 Å². The molecule has 0 saturated carbocycles. The van der Waals surface area contributed by atoms with Crippen molar-refractivity contribution in [3.8, 4) is 5.75 Å². The first-order valence-electron chi connectivity index (χ1n) is 10.3. The number of rotatable bonds is 6. The largest absolute Gasteiger partial charge is 0.496 e. The minimum atomic E-state index is 0.399. The standard InChI is InChI=1S/C22H31N3O3/c1-16-22(17(2)28-23-16)20-5-4-8-25(20)14-18-6-7-21(26-3)19(13-18)15-24-9-11-27-12-10-24/h6-7,13,20H,4-5,8-12,14-15H2,1-3H3. The van der Waals surface area contributed by atoms with Crippen molar-refractivity contribution in [2.45, 2.75) is 45.8 Å². The maximum Gasteiger partial charge on any atom is 0.138 e. The van der Waals surface area contributed by atoms with E-state index in [0.717, 1.165) is 63.1 Å². The second kappa shape index (κ2) is 8.64. The van der Waals surface area contributed by atoms with E-state index in [2.05, 4.69) is 40.1 Å². The molecule has 0 N–H and O–H groups in total. The summed E-state index contributed by atoms with van der Waals surface area (Å²) in [5.41, 5.74) is 4.90. The van der Waals surface area contributed by atoms with Gasteiger partial charge in [-0.15, -0.1) is 0 Å². The Morgan fingerprint density at radius 3 is 2.68 bits per heavy atom. The summed E-state index contributed by atoms with van der Waals surface area (Å²) in [6.45, 7) is 10.6. The molecule has 1 aromatic carbocycles. The monoisotopic (exact) mass is 385 g/mol. The van der Waals surface area contributed by atoms with Gasteiger partial charge in [0.25, 0.3) is 0 Å². The summed E-state index contributed by atoms with van der Waals surface area (Å²) >= 11 is 0. The number of aromatic nitrogens is 1. The lowest BCUT2D eigenvalue weighted by atomic mass is 10.0. The van der Waals surface area contributed by atoms with E-state index in [4.69, 9.17) is 14.0 Å². The van der Waals surface area contributed by atoms with Crippen molar-refractivity contribution in [2.24, 2.45) is 0 Å². The molecule has 0 radical (unpaired) electrons. The molecule has 1 atom stereocenters. The number of benzene rings is 1. The van der Waals surface area contributed by atoms with Crippen LogP contribution in [-0.2, 0) is 17.8 Å². The maximum absolute atomic E-state index is 5.63. The molecule has 2 saturated heterocycles. The van der Waals surface area contributed by atoms with Crippen molar-refractivity contribution >= 4 is 0 Å². The first-order chi connectivity index (χ1) is 13.7. The third-order valence-corrected chi connectivity index (χ3v) is 6.01. The molecule has 28 heavy (non-hydrogen) atoms. The van der Waals surface area contributed by atoms with Crippen LogP contribution in [0.1, 0.15) is 47.0 Å². The maximum atomic E-state index is 5.63. The fourth-order valence-corrected chi connectivity index (χ4v) is 4.60. The van der Waals surface area contributed by atoms with Crippen LogP contribution in [0.25, 0.3) is 0 Å². The summed E-state index contributed by atoms with van der Waals surface area (Å²) < 4.78 is 16.5. The molecule has 0 spiro atoms. The Labute approximate surface area is 167 Å². The minimum Gasteiger partial charge on any atom is -0.496 e. The van der Waals surface area contributed by atoms with Gasteiger partial charge in [0.1, 0.15) is 11.5 Å². The Balaban J connectivity index is 1.51. The van der Waals surface area contributed by atoms with Gasteiger partial charge in [0, 0.05) is 43.3 Å². The molecule has 2 aromatic rings. The van der Waals surface area contributed by atoms with Crippen LogP contribution in [0.2, 0.25) is 0 Å². The van der Waals surface area contributed by atoms with E-state index >= 15 is 0 Å². The third kappa shape index (κ3) is 4.09. The number of hydrogen-bond donors (Lipinski definition) is 0. The Bertz CT molecular complexity index is 779. The van der Waals surface area contributed by atoms with Gasteiger partial charge in [0.05, 0.1) is 26.0 Å². The average molecular weight is 386 g/mol. The van der Waals surface area contributed by atoms with Gasteiger partial charge in [-0.1, -0.05) is 11.2 Å². The molecule has 2 fully saturated rings. The zero-order chi connectivity index (χ0) is 19.5. The fraction of sp³-hybridized carbons (Fsp3) is 0.591. The number of likely N-dealkylation sites (tertiary alicyclic amines) is 1. The van der Waals surface area contributed by atoms with Crippen molar-refractivity contribution in [2.75, 3.05) is 40.0 Å². The zero-order valence-corrected chi connectivity index (χ0v) is 17.2. The average Bonchev–Trinajstić information content (AvgIpc) is 3.28. The van der Waals surface area contributed by atoms with Gasteiger partial charge in [-0.2, -0.15) is 0 Å². The minimum absolute atomic E-state index is 0.399. The van der Waals surface area contributed by atoms with Crippen LogP contribution in [0, 0.1) is 13.8 Å². The molecule has 1 unspecified atom stereocenters. The number of nitrogens with zero attached hydrogens (tertiary/aromatic N) is 3. The summed E-state index contributed by atoms with van der Waals surface area (Å²) in [6.07, 6.45) is 2.38. The van der Waals surface area contributed by atoms with Crippen LogP contribution < -0.4 is 4.74 Å². The Morgan fingerprint density at radius 2 is 1.96 bits per heavy atom. The summed E-state index contributed by atoms with van der Waals surface area (Å²) in [6, 6.07) is 7.03. The molecular weight excluding hydrogens is 354 g/mol. The van der Waals surface area contributed by atoms with Crippen LogP contribution in [0.3, 0.4) is 0 Å². The van der Waals surface area contributed by atoms with Gasteiger partial charge in [0.15, 0.2) is 0 Å². The molecule has 2 aliphatic rings. The summed E-state index contributed by atoms with van der Waals surface area (Å²) in [5.74, 6) is 1.93. The summed E-state index contributed by atoms with van der Waals surface area (Å²) in [7, 11) is 1.76. The van der Waals surface area contributed by atoms with E-state index in [9.17, 15) is 0 Å². The van der Waals surface area contributed by atoms with Crippen molar-refractivity contribution in [1.82, 2.24) is 15.0 Å². The summed E-state index contributed by atoms with van der Waals surface area (Å²) in [4.78, 5) is 5.00.